The summed E-state index contributed by atoms with van der Waals surface area (Å²) in [7, 11) is 1.28. The van der Waals surface area contributed by atoms with Crippen LogP contribution in [0.2, 0.25) is 0 Å². The molecule has 0 saturated carbocycles. The molecule has 37 heavy (non-hydrogen) atoms. The van der Waals surface area contributed by atoms with Crippen LogP contribution in [0.25, 0.3) is 5.76 Å². The summed E-state index contributed by atoms with van der Waals surface area (Å²) in [5.41, 5.74) is 3.38. The maximum atomic E-state index is 13.4. The molecule has 4 rings (SSSR count). The van der Waals surface area contributed by atoms with E-state index >= 15 is 0 Å². The second-order valence-corrected chi connectivity index (χ2v) is 9.88. The fraction of sp³-hybridized carbons (Fsp3) is 0.464. The average Bonchev–Trinajstić information content (AvgIpc) is 3.34. The summed E-state index contributed by atoms with van der Waals surface area (Å²) in [6.45, 7) is 11.3. The minimum atomic E-state index is -0.752. The first-order chi connectivity index (χ1) is 17.6. The van der Waals surface area contributed by atoms with Crippen molar-refractivity contribution in [3.05, 3.63) is 63.5 Å². The number of nitrogens with one attached hydrogen (secondary N) is 1. The third-order valence-electron chi connectivity index (χ3n) is 7.28. The molecule has 0 spiro atoms. The van der Waals surface area contributed by atoms with Crippen molar-refractivity contribution < 1.29 is 29.0 Å². The Balaban J connectivity index is 1.80. The number of nitrogens with zero attached hydrogens (tertiary/aromatic N) is 2. The number of benzene rings is 1. The van der Waals surface area contributed by atoms with Crippen LogP contribution in [0, 0.1) is 13.8 Å². The van der Waals surface area contributed by atoms with Crippen molar-refractivity contribution in [3.63, 3.8) is 0 Å². The minimum Gasteiger partial charge on any atom is -0.507 e. The molecule has 0 unspecified atom stereocenters. The number of aromatic amines is 1. The number of likely N-dealkylation sites (tertiary alicyclic amines) is 1. The molecular formula is C28H35N3O6. The Morgan fingerprint density at radius 3 is 2.38 bits per heavy atom. The van der Waals surface area contributed by atoms with Gasteiger partial charge in [-0.15, -0.1) is 0 Å². The summed E-state index contributed by atoms with van der Waals surface area (Å²) in [4.78, 5) is 45.7. The lowest BCUT2D eigenvalue weighted by atomic mass is 9.92. The number of aliphatic hydroxyl groups is 1. The highest BCUT2D eigenvalue weighted by atomic mass is 16.5. The fourth-order valence-electron chi connectivity index (χ4n) is 5.14. The molecule has 2 N–H and O–H groups in total. The number of amides is 1. The lowest BCUT2D eigenvalue weighted by Gasteiger charge is -2.31. The van der Waals surface area contributed by atoms with E-state index in [1.54, 1.807) is 18.7 Å². The lowest BCUT2D eigenvalue weighted by Crippen LogP contribution is -2.42. The number of aryl methyl sites for hydroxylation is 1. The van der Waals surface area contributed by atoms with Crippen LogP contribution >= 0.6 is 0 Å². The van der Waals surface area contributed by atoms with Gasteiger partial charge in [-0.3, -0.25) is 14.5 Å². The summed E-state index contributed by atoms with van der Waals surface area (Å²) >= 11 is 0. The van der Waals surface area contributed by atoms with E-state index in [9.17, 15) is 19.5 Å². The number of ether oxygens (including phenoxy) is 2. The Labute approximate surface area is 217 Å². The Morgan fingerprint density at radius 2 is 1.78 bits per heavy atom. The van der Waals surface area contributed by atoms with Gasteiger partial charge >= 0.3 is 5.97 Å². The Morgan fingerprint density at radius 1 is 1.14 bits per heavy atom. The first-order valence-electron chi connectivity index (χ1n) is 12.6. The lowest BCUT2D eigenvalue weighted by molar-refractivity contribution is -0.140. The third-order valence-corrected chi connectivity index (χ3v) is 7.28. The van der Waals surface area contributed by atoms with Crippen LogP contribution in [0.15, 0.2) is 29.8 Å². The van der Waals surface area contributed by atoms with Gasteiger partial charge in [0.1, 0.15) is 11.5 Å². The summed E-state index contributed by atoms with van der Waals surface area (Å²) in [5, 5.41) is 11.5. The Kier molecular flexibility index (Phi) is 7.85. The minimum absolute atomic E-state index is 0.0193. The molecule has 1 aromatic heterocycles. The number of ketones is 1. The molecule has 0 radical (unpaired) electrons. The molecule has 0 aliphatic carbocycles. The van der Waals surface area contributed by atoms with Gasteiger partial charge in [0.25, 0.3) is 11.7 Å². The van der Waals surface area contributed by atoms with E-state index in [0.717, 1.165) is 24.2 Å². The van der Waals surface area contributed by atoms with Gasteiger partial charge < -0.3 is 24.5 Å². The summed E-state index contributed by atoms with van der Waals surface area (Å²) in [6, 6.07) is 7.06. The number of morpholine rings is 1. The summed E-state index contributed by atoms with van der Waals surface area (Å²) in [6.07, 6.45) is 0. The second-order valence-electron chi connectivity index (χ2n) is 9.88. The second kappa shape index (κ2) is 10.9. The molecule has 9 heteroatoms. The molecule has 2 aliphatic heterocycles. The van der Waals surface area contributed by atoms with Crippen molar-refractivity contribution in [2.45, 2.75) is 39.7 Å². The van der Waals surface area contributed by atoms with Crippen LogP contribution < -0.4 is 0 Å². The zero-order chi connectivity index (χ0) is 26.9. The quantitative estimate of drug-likeness (QED) is 0.255. The monoisotopic (exact) mass is 509 g/mol. The molecule has 2 saturated heterocycles. The normalized spacial score (nSPS) is 20.2. The van der Waals surface area contributed by atoms with Gasteiger partial charge in [0.05, 0.1) is 31.9 Å². The number of rotatable bonds is 7. The zero-order valence-corrected chi connectivity index (χ0v) is 22.1. The Hall–Kier alpha value is -3.43. The van der Waals surface area contributed by atoms with Gasteiger partial charge in [-0.25, -0.2) is 4.79 Å². The van der Waals surface area contributed by atoms with Crippen molar-refractivity contribution in [3.8, 4) is 0 Å². The molecule has 0 bridgehead atoms. The average molecular weight is 510 g/mol. The van der Waals surface area contributed by atoms with Crippen molar-refractivity contribution in [2.75, 3.05) is 46.5 Å². The molecule has 1 amide bonds. The number of esters is 1. The number of aliphatic hydroxyl groups excluding tert-OH is 1. The maximum Gasteiger partial charge on any atom is 0.354 e. The molecule has 2 fully saturated rings. The number of carbonyl (C=O) groups is 3. The van der Waals surface area contributed by atoms with Gasteiger partial charge in [0, 0.05) is 37.4 Å². The fourth-order valence-corrected chi connectivity index (χ4v) is 5.14. The van der Waals surface area contributed by atoms with Crippen LogP contribution in [0.4, 0.5) is 0 Å². The van der Waals surface area contributed by atoms with E-state index in [1.807, 2.05) is 24.3 Å². The van der Waals surface area contributed by atoms with Gasteiger partial charge in [0.15, 0.2) is 0 Å². The number of methoxy groups -OCH3 is 1. The van der Waals surface area contributed by atoms with Crippen molar-refractivity contribution >= 4 is 23.4 Å². The maximum absolute atomic E-state index is 13.4. The number of Topliss-reactive ketones (excluding diaryl/α,β-unsaturated/α-hetero) is 1. The third kappa shape index (κ3) is 5.06. The number of carbonyl (C=O) groups excluding carboxylic acids is 3. The van der Waals surface area contributed by atoms with E-state index in [4.69, 9.17) is 9.47 Å². The van der Waals surface area contributed by atoms with Crippen molar-refractivity contribution in [1.82, 2.24) is 14.8 Å². The highest BCUT2D eigenvalue weighted by Crippen LogP contribution is 2.41. The van der Waals surface area contributed by atoms with Crippen molar-refractivity contribution in [2.24, 2.45) is 0 Å². The van der Waals surface area contributed by atoms with Gasteiger partial charge in [-0.05, 0) is 36.5 Å². The molecule has 9 nitrogen and oxygen atoms in total. The van der Waals surface area contributed by atoms with E-state index in [0.29, 0.717) is 49.0 Å². The largest absolute Gasteiger partial charge is 0.507 e. The van der Waals surface area contributed by atoms with Gasteiger partial charge in [-0.2, -0.15) is 0 Å². The number of hydrogen-bond donors (Lipinski definition) is 2. The van der Waals surface area contributed by atoms with Crippen LogP contribution in [-0.2, 0) is 19.1 Å². The van der Waals surface area contributed by atoms with Crippen LogP contribution in [0.5, 0.6) is 0 Å². The zero-order valence-electron chi connectivity index (χ0n) is 22.1. The smallest absolute Gasteiger partial charge is 0.354 e. The van der Waals surface area contributed by atoms with Crippen LogP contribution in [-0.4, -0.2) is 84.1 Å². The molecular weight excluding hydrogens is 474 g/mol. The summed E-state index contributed by atoms with van der Waals surface area (Å²) in [5.74, 6) is -1.94. The first-order valence-corrected chi connectivity index (χ1v) is 12.6. The van der Waals surface area contributed by atoms with Crippen molar-refractivity contribution in [1.29, 1.82) is 0 Å². The molecule has 2 aromatic rings. The number of hydrogen-bond acceptors (Lipinski definition) is 7. The predicted octanol–water partition coefficient (Wildman–Crippen LogP) is 3.30. The number of aromatic nitrogens is 1. The molecule has 2 aliphatic rings. The van der Waals surface area contributed by atoms with Gasteiger partial charge in [0.2, 0.25) is 0 Å². The Bertz CT molecular complexity index is 1220. The van der Waals surface area contributed by atoms with E-state index in [-0.39, 0.29) is 17.0 Å². The van der Waals surface area contributed by atoms with E-state index in [1.165, 1.54) is 7.11 Å². The predicted molar refractivity (Wildman–Crippen MR) is 138 cm³/mol. The summed E-state index contributed by atoms with van der Waals surface area (Å²) < 4.78 is 10.3. The topological polar surface area (TPSA) is 112 Å². The highest BCUT2D eigenvalue weighted by Gasteiger charge is 2.46. The highest BCUT2D eigenvalue weighted by molar-refractivity contribution is 6.46. The molecule has 3 heterocycles. The number of H-pyrrole nitrogens is 1. The molecule has 1 atom stereocenters. The van der Waals surface area contributed by atoms with E-state index < -0.39 is 23.7 Å². The first kappa shape index (κ1) is 26.6. The standard InChI is InChI=1S/C28H35N3O6/c1-16(2)19-6-8-20(9-7-19)24-22(25(32)21-17(3)23(28(35)36-5)29-18(21)4)26(33)27(34)31(24)11-10-30-12-14-37-15-13-30/h6-9,16,24,29,32H,10-15H2,1-5H3/t24-/m0/s1. The van der Waals surface area contributed by atoms with E-state index in [2.05, 4.69) is 23.7 Å². The van der Waals surface area contributed by atoms with Gasteiger partial charge in [-0.1, -0.05) is 38.1 Å². The molecule has 198 valence electrons. The molecule has 1 aromatic carbocycles. The SMILES string of the molecule is COC(=O)c1[nH]c(C)c(C(O)=C2C(=O)C(=O)N(CCN3CCOCC3)[C@H]2c2ccc(C(C)C)cc2)c1C. The van der Waals surface area contributed by atoms with Crippen LogP contribution in [0.3, 0.4) is 0 Å². The van der Waals surface area contributed by atoms with Crippen LogP contribution in [0.1, 0.15) is 64.2 Å².